The molecule has 0 N–H and O–H groups in total. The second-order valence-corrected chi connectivity index (χ2v) is 10.6. The number of rotatable bonds is 6. The third-order valence-electron chi connectivity index (χ3n) is 7.66. The van der Waals surface area contributed by atoms with Crippen molar-refractivity contribution < 1.29 is 14.3 Å². The molecule has 1 saturated carbocycles. The van der Waals surface area contributed by atoms with Gasteiger partial charge in [0.1, 0.15) is 5.75 Å². The first-order chi connectivity index (χ1) is 16.3. The molecule has 3 unspecified atom stereocenters. The van der Waals surface area contributed by atoms with E-state index in [1.165, 1.54) is 12.5 Å². The minimum atomic E-state index is -0.298. The molecule has 1 aliphatic carbocycles. The third-order valence-corrected chi connectivity index (χ3v) is 7.66. The third kappa shape index (κ3) is 5.20. The zero-order chi connectivity index (χ0) is 24.3. The Morgan fingerprint density at radius 2 is 1.88 bits per heavy atom. The van der Waals surface area contributed by atoms with Crippen LogP contribution < -0.4 is 4.74 Å². The number of carbonyl (C=O) groups is 2. The fourth-order valence-electron chi connectivity index (χ4n) is 6.13. The average molecular weight is 463 g/mol. The van der Waals surface area contributed by atoms with E-state index in [-0.39, 0.29) is 23.3 Å². The molecule has 2 aliphatic rings. The molecule has 5 heteroatoms. The quantitative estimate of drug-likeness (QED) is 0.440. The number of benzene rings is 2. The summed E-state index contributed by atoms with van der Waals surface area (Å²) in [7, 11) is 2.20. The Morgan fingerprint density at radius 3 is 2.59 bits per heavy atom. The van der Waals surface area contributed by atoms with Gasteiger partial charge in [0.05, 0.1) is 0 Å². The number of hydrogen-bond donors (Lipinski definition) is 0. The van der Waals surface area contributed by atoms with E-state index in [2.05, 4.69) is 42.8 Å². The predicted octanol–water partition coefficient (Wildman–Crippen LogP) is 5.15. The lowest BCUT2D eigenvalue weighted by molar-refractivity contribution is -0.131. The molecule has 4 rings (SSSR count). The van der Waals surface area contributed by atoms with Crippen LogP contribution in [0.4, 0.5) is 0 Å². The van der Waals surface area contributed by atoms with Crippen molar-refractivity contribution in [3.63, 3.8) is 0 Å². The Labute approximate surface area is 204 Å². The Bertz CT molecular complexity index is 1010. The molecule has 2 aromatic carbocycles. The summed E-state index contributed by atoms with van der Waals surface area (Å²) in [6.45, 7) is 8.65. The van der Waals surface area contributed by atoms with E-state index in [0.29, 0.717) is 17.6 Å². The van der Waals surface area contributed by atoms with Crippen molar-refractivity contribution in [2.24, 2.45) is 11.8 Å². The van der Waals surface area contributed by atoms with Gasteiger partial charge in [-0.05, 0) is 80.9 Å². The van der Waals surface area contributed by atoms with E-state index >= 15 is 0 Å². The summed E-state index contributed by atoms with van der Waals surface area (Å²) in [4.78, 5) is 29.8. The SMILES string of the molecule is CC(=O)Oc1cccc(C23CCN(C)CC2CCC(N(CC(C)C)C(=O)c2ccccc2)C3)c1. The zero-order valence-electron chi connectivity index (χ0n) is 21.0. The maximum absolute atomic E-state index is 13.7. The molecule has 2 aromatic rings. The molecular weight excluding hydrogens is 424 g/mol. The zero-order valence-corrected chi connectivity index (χ0v) is 21.0. The molecule has 1 saturated heterocycles. The first-order valence-corrected chi connectivity index (χ1v) is 12.6. The van der Waals surface area contributed by atoms with Gasteiger partial charge in [-0.25, -0.2) is 0 Å². The summed E-state index contributed by atoms with van der Waals surface area (Å²) < 4.78 is 5.45. The van der Waals surface area contributed by atoms with Crippen molar-refractivity contribution in [2.75, 3.05) is 26.7 Å². The summed E-state index contributed by atoms with van der Waals surface area (Å²) in [6, 6.07) is 18.0. The van der Waals surface area contributed by atoms with Gasteiger partial charge in [0.15, 0.2) is 0 Å². The second kappa shape index (κ2) is 10.3. The van der Waals surface area contributed by atoms with Gasteiger partial charge in [-0.3, -0.25) is 9.59 Å². The molecule has 1 heterocycles. The number of carbonyl (C=O) groups excluding carboxylic acids is 2. The van der Waals surface area contributed by atoms with Crippen LogP contribution in [-0.4, -0.2) is 54.4 Å². The molecule has 1 amide bonds. The lowest BCUT2D eigenvalue weighted by Gasteiger charge is -2.54. The molecule has 34 heavy (non-hydrogen) atoms. The molecule has 5 nitrogen and oxygen atoms in total. The predicted molar refractivity (Wildman–Crippen MR) is 135 cm³/mol. The number of piperidine rings is 1. The first kappa shape index (κ1) is 24.5. The van der Waals surface area contributed by atoms with E-state index in [1.54, 1.807) is 0 Å². The minimum Gasteiger partial charge on any atom is -0.427 e. The molecule has 2 fully saturated rings. The Morgan fingerprint density at radius 1 is 1.12 bits per heavy atom. The molecule has 0 bridgehead atoms. The number of esters is 1. The second-order valence-electron chi connectivity index (χ2n) is 10.6. The number of fused-ring (bicyclic) bond motifs is 1. The van der Waals surface area contributed by atoms with Crippen LogP contribution in [0.25, 0.3) is 0 Å². The lowest BCUT2D eigenvalue weighted by Crippen LogP contribution is -2.56. The largest absolute Gasteiger partial charge is 0.427 e. The van der Waals surface area contributed by atoms with Crippen LogP contribution in [0.1, 0.15) is 62.4 Å². The Kier molecular flexibility index (Phi) is 7.42. The van der Waals surface area contributed by atoms with E-state index in [1.807, 2.05) is 42.5 Å². The van der Waals surface area contributed by atoms with Crippen LogP contribution in [0.3, 0.4) is 0 Å². The van der Waals surface area contributed by atoms with E-state index in [4.69, 9.17) is 4.74 Å². The van der Waals surface area contributed by atoms with Gasteiger partial charge in [-0.15, -0.1) is 0 Å². The molecule has 3 atom stereocenters. The van der Waals surface area contributed by atoms with Crippen LogP contribution in [0.5, 0.6) is 5.75 Å². The molecule has 0 aromatic heterocycles. The standard InChI is InChI=1S/C29H38N2O3/c1-21(2)19-31(28(33)23-9-6-5-7-10-23)26-14-13-25-20-30(4)16-15-29(25,18-26)24-11-8-12-27(17-24)34-22(3)32/h5-12,17,21,25-26H,13-16,18-20H2,1-4H3. The Balaban J connectivity index is 1.69. The maximum Gasteiger partial charge on any atom is 0.308 e. The van der Waals surface area contributed by atoms with Crippen molar-refractivity contribution in [2.45, 2.75) is 57.9 Å². The molecule has 0 radical (unpaired) electrons. The Hall–Kier alpha value is -2.66. The highest BCUT2D eigenvalue weighted by Crippen LogP contribution is 2.50. The molecule has 0 spiro atoms. The van der Waals surface area contributed by atoms with Crippen LogP contribution in [0.15, 0.2) is 54.6 Å². The molecule has 182 valence electrons. The summed E-state index contributed by atoms with van der Waals surface area (Å²) in [5.74, 6) is 1.36. The normalized spacial score (nSPS) is 25.0. The number of ether oxygens (including phenoxy) is 1. The van der Waals surface area contributed by atoms with Crippen molar-refractivity contribution >= 4 is 11.9 Å². The van der Waals surface area contributed by atoms with Gasteiger partial charge in [-0.1, -0.05) is 44.2 Å². The van der Waals surface area contributed by atoms with Gasteiger partial charge in [0.2, 0.25) is 0 Å². The van der Waals surface area contributed by atoms with E-state index < -0.39 is 0 Å². The number of likely N-dealkylation sites (tertiary alicyclic amines) is 1. The van der Waals surface area contributed by atoms with Gasteiger partial charge in [0.25, 0.3) is 5.91 Å². The van der Waals surface area contributed by atoms with Gasteiger partial charge < -0.3 is 14.5 Å². The van der Waals surface area contributed by atoms with Crippen LogP contribution in [0, 0.1) is 11.8 Å². The number of hydrogen-bond acceptors (Lipinski definition) is 4. The fourth-order valence-corrected chi connectivity index (χ4v) is 6.13. The van der Waals surface area contributed by atoms with Crippen LogP contribution in [0.2, 0.25) is 0 Å². The van der Waals surface area contributed by atoms with Crippen LogP contribution >= 0.6 is 0 Å². The number of amides is 1. The van der Waals surface area contributed by atoms with Crippen LogP contribution in [-0.2, 0) is 10.2 Å². The lowest BCUT2D eigenvalue weighted by atomic mass is 9.57. The van der Waals surface area contributed by atoms with Crippen molar-refractivity contribution in [1.82, 2.24) is 9.80 Å². The smallest absolute Gasteiger partial charge is 0.308 e. The van der Waals surface area contributed by atoms with Gasteiger partial charge in [-0.2, -0.15) is 0 Å². The highest BCUT2D eigenvalue weighted by atomic mass is 16.5. The molecule has 1 aliphatic heterocycles. The fraction of sp³-hybridized carbons (Fsp3) is 0.517. The van der Waals surface area contributed by atoms with Gasteiger partial charge >= 0.3 is 5.97 Å². The highest BCUT2D eigenvalue weighted by Gasteiger charge is 2.49. The first-order valence-electron chi connectivity index (χ1n) is 12.6. The number of nitrogens with zero attached hydrogens (tertiary/aromatic N) is 2. The summed E-state index contributed by atoms with van der Waals surface area (Å²) >= 11 is 0. The van der Waals surface area contributed by atoms with Gasteiger partial charge in [0, 0.05) is 37.0 Å². The minimum absolute atomic E-state index is 0.0300. The maximum atomic E-state index is 13.7. The summed E-state index contributed by atoms with van der Waals surface area (Å²) in [5, 5.41) is 0. The van der Waals surface area contributed by atoms with Crippen molar-refractivity contribution in [3.05, 3.63) is 65.7 Å². The van der Waals surface area contributed by atoms with E-state index in [9.17, 15) is 9.59 Å². The van der Waals surface area contributed by atoms with E-state index in [0.717, 1.165) is 50.9 Å². The van der Waals surface area contributed by atoms with Crippen molar-refractivity contribution in [1.29, 1.82) is 0 Å². The summed E-state index contributed by atoms with van der Waals surface area (Å²) in [5.41, 5.74) is 1.97. The highest BCUT2D eigenvalue weighted by molar-refractivity contribution is 5.94. The topological polar surface area (TPSA) is 49.9 Å². The van der Waals surface area contributed by atoms with Crippen molar-refractivity contribution in [3.8, 4) is 5.75 Å². The molecular formula is C29H38N2O3. The summed E-state index contributed by atoms with van der Waals surface area (Å²) in [6.07, 6.45) is 4.10. The monoisotopic (exact) mass is 462 g/mol. The average Bonchev–Trinajstić information content (AvgIpc) is 2.82.